The Balaban J connectivity index is 1.68. The van der Waals surface area contributed by atoms with Gasteiger partial charge in [-0.05, 0) is 43.9 Å². The third kappa shape index (κ3) is 2.62. The van der Waals surface area contributed by atoms with Crippen LogP contribution in [0.2, 0.25) is 0 Å². The van der Waals surface area contributed by atoms with Crippen LogP contribution in [0.5, 0.6) is 0 Å². The minimum atomic E-state index is -4.06. The SMILES string of the molecule is FC(F)(F)CNC1CCC2(CC1)CC2. The van der Waals surface area contributed by atoms with Crippen LogP contribution >= 0.6 is 0 Å². The maximum absolute atomic E-state index is 11.9. The van der Waals surface area contributed by atoms with E-state index in [1.54, 1.807) is 0 Å². The molecule has 0 aromatic carbocycles. The van der Waals surface area contributed by atoms with E-state index in [2.05, 4.69) is 5.32 Å². The molecule has 0 amide bonds. The van der Waals surface area contributed by atoms with Crippen LogP contribution in [0.15, 0.2) is 0 Å². The molecule has 2 saturated carbocycles. The highest BCUT2D eigenvalue weighted by Gasteiger charge is 2.44. The van der Waals surface area contributed by atoms with Crippen molar-refractivity contribution in [2.45, 2.75) is 50.7 Å². The molecule has 0 heterocycles. The molecule has 1 nitrogen and oxygen atoms in total. The van der Waals surface area contributed by atoms with Gasteiger partial charge in [-0.15, -0.1) is 0 Å². The maximum atomic E-state index is 11.9. The molecule has 0 radical (unpaired) electrons. The summed E-state index contributed by atoms with van der Waals surface area (Å²) in [4.78, 5) is 0. The zero-order valence-corrected chi connectivity index (χ0v) is 8.16. The Kier molecular flexibility index (Phi) is 2.50. The largest absolute Gasteiger partial charge is 0.401 e. The van der Waals surface area contributed by atoms with Crippen LogP contribution in [0.4, 0.5) is 13.2 Å². The lowest BCUT2D eigenvalue weighted by Gasteiger charge is -2.29. The van der Waals surface area contributed by atoms with E-state index in [1.807, 2.05) is 0 Å². The molecule has 82 valence electrons. The van der Waals surface area contributed by atoms with Gasteiger partial charge in [0, 0.05) is 6.04 Å². The quantitative estimate of drug-likeness (QED) is 0.734. The summed E-state index contributed by atoms with van der Waals surface area (Å²) < 4.78 is 35.7. The first-order valence-electron chi connectivity index (χ1n) is 5.29. The molecule has 2 fully saturated rings. The van der Waals surface area contributed by atoms with Gasteiger partial charge in [0.1, 0.15) is 0 Å². The van der Waals surface area contributed by atoms with E-state index in [4.69, 9.17) is 0 Å². The highest BCUT2D eigenvalue weighted by Crippen LogP contribution is 2.56. The van der Waals surface area contributed by atoms with Crippen molar-refractivity contribution in [3.8, 4) is 0 Å². The highest BCUT2D eigenvalue weighted by molar-refractivity contribution is 4.97. The van der Waals surface area contributed by atoms with Crippen LogP contribution < -0.4 is 5.32 Å². The van der Waals surface area contributed by atoms with Gasteiger partial charge in [0.05, 0.1) is 6.54 Å². The average molecular weight is 207 g/mol. The summed E-state index contributed by atoms with van der Waals surface area (Å²) in [6.07, 6.45) is 2.66. The minimum absolute atomic E-state index is 0.0999. The molecule has 4 heteroatoms. The number of nitrogens with one attached hydrogen (secondary N) is 1. The summed E-state index contributed by atoms with van der Waals surface area (Å²) in [5.41, 5.74) is 0.566. The summed E-state index contributed by atoms with van der Waals surface area (Å²) >= 11 is 0. The van der Waals surface area contributed by atoms with Crippen molar-refractivity contribution in [2.75, 3.05) is 6.54 Å². The third-order valence-electron chi connectivity index (χ3n) is 3.59. The fraction of sp³-hybridized carbons (Fsp3) is 1.00. The standard InChI is InChI=1S/C10H16F3N/c11-10(12,13)7-14-8-1-3-9(4-2-8)5-6-9/h8,14H,1-7H2. The molecular weight excluding hydrogens is 191 g/mol. The van der Waals surface area contributed by atoms with Gasteiger partial charge >= 0.3 is 6.18 Å². The average Bonchev–Trinajstić information content (AvgIpc) is 2.83. The number of rotatable bonds is 2. The van der Waals surface area contributed by atoms with Gasteiger partial charge in [0.25, 0.3) is 0 Å². The van der Waals surface area contributed by atoms with E-state index in [0.29, 0.717) is 5.41 Å². The van der Waals surface area contributed by atoms with E-state index in [9.17, 15) is 13.2 Å². The van der Waals surface area contributed by atoms with Crippen LogP contribution in [0, 0.1) is 5.41 Å². The molecule has 0 unspecified atom stereocenters. The molecule has 1 spiro atoms. The van der Waals surface area contributed by atoms with Crippen LogP contribution in [0.25, 0.3) is 0 Å². The van der Waals surface area contributed by atoms with E-state index < -0.39 is 12.7 Å². The van der Waals surface area contributed by atoms with Crippen LogP contribution in [-0.2, 0) is 0 Å². The summed E-state index contributed by atoms with van der Waals surface area (Å²) in [6, 6.07) is 0.0999. The topological polar surface area (TPSA) is 12.0 Å². The fourth-order valence-corrected chi connectivity index (χ4v) is 2.37. The second kappa shape index (κ2) is 3.40. The first-order chi connectivity index (χ1) is 6.49. The monoisotopic (exact) mass is 207 g/mol. The van der Waals surface area contributed by atoms with Gasteiger partial charge in [-0.2, -0.15) is 13.2 Å². The Morgan fingerprint density at radius 3 is 2.07 bits per heavy atom. The van der Waals surface area contributed by atoms with E-state index >= 15 is 0 Å². The van der Waals surface area contributed by atoms with Crippen molar-refractivity contribution >= 4 is 0 Å². The number of alkyl halides is 3. The molecule has 2 rings (SSSR count). The molecule has 0 atom stereocenters. The third-order valence-corrected chi connectivity index (χ3v) is 3.59. The van der Waals surface area contributed by atoms with E-state index in [-0.39, 0.29) is 6.04 Å². The zero-order chi connectivity index (χ0) is 10.2. The van der Waals surface area contributed by atoms with E-state index in [1.165, 1.54) is 12.8 Å². The highest BCUT2D eigenvalue weighted by atomic mass is 19.4. The lowest BCUT2D eigenvalue weighted by atomic mass is 9.83. The maximum Gasteiger partial charge on any atom is 0.401 e. The molecule has 0 aromatic heterocycles. The van der Waals surface area contributed by atoms with Crippen molar-refractivity contribution in [3.05, 3.63) is 0 Å². The van der Waals surface area contributed by atoms with Crippen LogP contribution in [-0.4, -0.2) is 18.8 Å². The first kappa shape index (κ1) is 10.3. The van der Waals surface area contributed by atoms with Gasteiger partial charge in [0.2, 0.25) is 0 Å². The van der Waals surface area contributed by atoms with Gasteiger partial charge in [0.15, 0.2) is 0 Å². The lowest BCUT2D eigenvalue weighted by molar-refractivity contribution is -0.126. The predicted molar refractivity (Wildman–Crippen MR) is 48.0 cm³/mol. The molecule has 2 aliphatic carbocycles. The van der Waals surface area contributed by atoms with Gasteiger partial charge in [-0.1, -0.05) is 0 Å². The fourth-order valence-electron chi connectivity index (χ4n) is 2.37. The van der Waals surface area contributed by atoms with Crippen molar-refractivity contribution in [3.63, 3.8) is 0 Å². The van der Waals surface area contributed by atoms with Gasteiger partial charge < -0.3 is 5.32 Å². The molecule has 0 saturated heterocycles. The molecular formula is C10H16F3N. The molecule has 0 aromatic rings. The Morgan fingerprint density at radius 2 is 1.64 bits per heavy atom. The summed E-state index contributed by atoms with van der Waals surface area (Å²) in [5.74, 6) is 0. The Bertz CT molecular complexity index is 198. The number of halogens is 3. The molecule has 14 heavy (non-hydrogen) atoms. The molecule has 2 aliphatic rings. The Labute approximate surface area is 82.1 Å². The second-order valence-corrected chi connectivity index (χ2v) is 4.77. The van der Waals surface area contributed by atoms with Crippen LogP contribution in [0.3, 0.4) is 0 Å². The second-order valence-electron chi connectivity index (χ2n) is 4.77. The lowest BCUT2D eigenvalue weighted by Crippen LogP contribution is -2.39. The smallest absolute Gasteiger partial charge is 0.306 e. The predicted octanol–water partition coefficient (Wildman–Crippen LogP) is 2.86. The van der Waals surface area contributed by atoms with Crippen LogP contribution in [0.1, 0.15) is 38.5 Å². The van der Waals surface area contributed by atoms with Crippen molar-refractivity contribution in [1.29, 1.82) is 0 Å². The van der Waals surface area contributed by atoms with Gasteiger partial charge in [-0.25, -0.2) is 0 Å². The van der Waals surface area contributed by atoms with Crippen molar-refractivity contribution < 1.29 is 13.2 Å². The Morgan fingerprint density at radius 1 is 1.07 bits per heavy atom. The molecule has 0 bridgehead atoms. The number of hydrogen-bond donors (Lipinski definition) is 1. The zero-order valence-electron chi connectivity index (χ0n) is 8.16. The summed E-state index contributed by atoms with van der Waals surface area (Å²) in [7, 11) is 0. The van der Waals surface area contributed by atoms with E-state index in [0.717, 1.165) is 25.7 Å². The number of hydrogen-bond acceptors (Lipinski definition) is 1. The Hall–Kier alpha value is -0.250. The van der Waals surface area contributed by atoms with Gasteiger partial charge in [-0.3, -0.25) is 0 Å². The first-order valence-corrected chi connectivity index (χ1v) is 5.29. The molecule has 1 N–H and O–H groups in total. The molecule has 0 aliphatic heterocycles. The minimum Gasteiger partial charge on any atom is -0.306 e. The summed E-state index contributed by atoms with van der Waals surface area (Å²) in [6.45, 7) is -0.829. The van der Waals surface area contributed by atoms with Crippen molar-refractivity contribution in [1.82, 2.24) is 5.32 Å². The van der Waals surface area contributed by atoms with Crippen molar-refractivity contribution in [2.24, 2.45) is 5.41 Å². The summed E-state index contributed by atoms with van der Waals surface area (Å²) in [5, 5.41) is 2.60. The normalized spacial score (nSPS) is 26.8.